The highest BCUT2D eigenvalue weighted by atomic mass is 16.5. The van der Waals surface area contributed by atoms with Crippen LogP contribution in [0.2, 0.25) is 0 Å². The monoisotopic (exact) mass is 250 g/mol. The van der Waals surface area contributed by atoms with Gasteiger partial charge in [-0.1, -0.05) is 25.1 Å². The summed E-state index contributed by atoms with van der Waals surface area (Å²) in [6.45, 7) is 7.55. The molecule has 0 saturated carbocycles. The molecule has 0 radical (unpaired) electrons. The lowest BCUT2D eigenvalue weighted by Gasteiger charge is -2.41. The van der Waals surface area contributed by atoms with Crippen molar-refractivity contribution in [2.75, 3.05) is 27.7 Å². The molecule has 1 rings (SSSR count). The smallest absolute Gasteiger partial charge is 0.123 e. The number of methoxy groups -OCH3 is 1. The van der Waals surface area contributed by atoms with Crippen LogP contribution in [0.15, 0.2) is 24.3 Å². The van der Waals surface area contributed by atoms with Crippen molar-refractivity contribution in [1.29, 1.82) is 0 Å². The summed E-state index contributed by atoms with van der Waals surface area (Å²) in [5.74, 6) is 0.943. The van der Waals surface area contributed by atoms with E-state index in [0.717, 1.165) is 12.3 Å². The lowest BCUT2D eigenvalue weighted by atomic mass is 9.87. The van der Waals surface area contributed by atoms with Crippen LogP contribution in [0.4, 0.5) is 0 Å². The number of benzene rings is 1. The Bertz CT molecular complexity index is 375. The molecule has 0 aliphatic rings. The van der Waals surface area contributed by atoms with Gasteiger partial charge in [-0.05, 0) is 40.6 Å². The SMILES string of the molecule is CCNC(c1ccccc1OC)C(C)(C)N(C)C. The second-order valence-electron chi connectivity index (χ2n) is 5.28. The normalized spacial score (nSPS) is 13.7. The molecule has 0 aliphatic carbocycles. The van der Waals surface area contributed by atoms with Crippen LogP contribution in [-0.2, 0) is 0 Å². The minimum Gasteiger partial charge on any atom is -0.496 e. The van der Waals surface area contributed by atoms with Gasteiger partial charge < -0.3 is 15.0 Å². The molecule has 0 aromatic heterocycles. The molecule has 3 nitrogen and oxygen atoms in total. The van der Waals surface area contributed by atoms with Crippen molar-refractivity contribution < 1.29 is 4.74 Å². The van der Waals surface area contributed by atoms with Gasteiger partial charge in [0.25, 0.3) is 0 Å². The van der Waals surface area contributed by atoms with Gasteiger partial charge in [0, 0.05) is 11.1 Å². The third-order valence-electron chi connectivity index (χ3n) is 3.72. The molecular formula is C15H26N2O. The Balaban J connectivity index is 3.19. The Morgan fingerprint density at radius 1 is 1.28 bits per heavy atom. The van der Waals surface area contributed by atoms with Crippen LogP contribution in [0, 0.1) is 0 Å². The number of para-hydroxylation sites is 1. The number of nitrogens with one attached hydrogen (secondary N) is 1. The van der Waals surface area contributed by atoms with Gasteiger partial charge in [0.05, 0.1) is 13.2 Å². The highest BCUT2D eigenvalue weighted by Crippen LogP contribution is 2.34. The third kappa shape index (κ3) is 3.03. The first-order valence-electron chi connectivity index (χ1n) is 6.48. The van der Waals surface area contributed by atoms with Crippen LogP contribution >= 0.6 is 0 Å². The summed E-state index contributed by atoms with van der Waals surface area (Å²) in [7, 11) is 5.95. The first kappa shape index (κ1) is 15.0. The molecule has 1 atom stereocenters. The molecule has 0 heterocycles. The van der Waals surface area contributed by atoms with Crippen molar-refractivity contribution >= 4 is 0 Å². The van der Waals surface area contributed by atoms with Crippen molar-refractivity contribution in [1.82, 2.24) is 10.2 Å². The Morgan fingerprint density at radius 2 is 1.89 bits per heavy atom. The lowest BCUT2D eigenvalue weighted by Crippen LogP contribution is -2.49. The summed E-state index contributed by atoms with van der Waals surface area (Å²) in [4.78, 5) is 2.24. The zero-order valence-electron chi connectivity index (χ0n) is 12.4. The van der Waals surface area contributed by atoms with E-state index in [-0.39, 0.29) is 11.6 Å². The van der Waals surface area contributed by atoms with Crippen molar-refractivity contribution in [3.8, 4) is 5.75 Å². The molecular weight excluding hydrogens is 224 g/mol. The number of hydrogen-bond donors (Lipinski definition) is 1. The third-order valence-corrected chi connectivity index (χ3v) is 3.72. The zero-order chi connectivity index (χ0) is 13.8. The van der Waals surface area contributed by atoms with E-state index in [1.54, 1.807) is 7.11 Å². The molecule has 0 bridgehead atoms. The number of likely N-dealkylation sites (N-methyl/N-ethyl adjacent to an activating group) is 2. The van der Waals surface area contributed by atoms with Crippen LogP contribution in [-0.4, -0.2) is 38.2 Å². The minimum absolute atomic E-state index is 0.00461. The van der Waals surface area contributed by atoms with Gasteiger partial charge >= 0.3 is 0 Å². The van der Waals surface area contributed by atoms with Gasteiger partial charge in [0.2, 0.25) is 0 Å². The number of ether oxygens (including phenoxy) is 1. The Labute approximate surface area is 111 Å². The second-order valence-corrected chi connectivity index (χ2v) is 5.28. The zero-order valence-corrected chi connectivity index (χ0v) is 12.4. The van der Waals surface area contributed by atoms with E-state index in [9.17, 15) is 0 Å². The lowest BCUT2D eigenvalue weighted by molar-refractivity contribution is 0.137. The molecule has 102 valence electrons. The summed E-state index contributed by atoms with van der Waals surface area (Å²) in [5, 5.41) is 3.57. The van der Waals surface area contributed by atoms with Gasteiger partial charge in [0.1, 0.15) is 5.75 Å². The highest BCUT2D eigenvalue weighted by Gasteiger charge is 2.33. The molecule has 1 N–H and O–H groups in total. The Kier molecular flexibility index (Phi) is 5.17. The maximum absolute atomic E-state index is 5.49. The topological polar surface area (TPSA) is 24.5 Å². The Morgan fingerprint density at radius 3 is 2.39 bits per heavy atom. The summed E-state index contributed by atoms with van der Waals surface area (Å²) in [5.41, 5.74) is 1.21. The van der Waals surface area contributed by atoms with Crippen molar-refractivity contribution in [2.24, 2.45) is 0 Å². The van der Waals surface area contributed by atoms with Crippen LogP contribution in [0.3, 0.4) is 0 Å². The molecule has 1 aromatic carbocycles. The predicted molar refractivity (Wildman–Crippen MR) is 77.2 cm³/mol. The summed E-state index contributed by atoms with van der Waals surface area (Å²) < 4.78 is 5.49. The number of nitrogens with zero attached hydrogens (tertiary/aromatic N) is 1. The standard InChI is InChI=1S/C15H26N2O/c1-7-16-14(15(2,3)17(4)5)12-10-8-9-11-13(12)18-6/h8-11,14,16H,7H2,1-6H3. The molecule has 0 aliphatic heterocycles. The Hall–Kier alpha value is -1.06. The fourth-order valence-electron chi connectivity index (χ4n) is 2.11. The molecule has 18 heavy (non-hydrogen) atoms. The second kappa shape index (κ2) is 6.21. The van der Waals surface area contributed by atoms with Crippen LogP contribution < -0.4 is 10.1 Å². The molecule has 0 fully saturated rings. The first-order valence-corrected chi connectivity index (χ1v) is 6.48. The van der Waals surface area contributed by atoms with Gasteiger partial charge in [-0.2, -0.15) is 0 Å². The maximum Gasteiger partial charge on any atom is 0.123 e. The minimum atomic E-state index is 0.00461. The van der Waals surface area contributed by atoms with Crippen LogP contribution in [0.5, 0.6) is 5.75 Å². The molecule has 1 aromatic rings. The van der Waals surface area contributed by atoms with Gasteiger partial charge in [-0.3, -0.25) is 0 Å². The van der Waals surface area contributed by atoms with E-state index in [4.69, 9.17) is 4.74 Å². The van der Waals surface area contributed by atoms with Crippen LogP contribution in [0.25, 0.3) is 0 Å². The fraction of sp³-hybridized carbons (Fsp3) is 0.600. The molecule has 0 saturated heterocycles. The summed E-state index contributed by atoms with van der Waals surface area (Å²) >= 11 is 0. The van der Waals surface area contributed by atoms with Crippen LogP contribution in [0.1, 0.15) is 32.4 Å². The van der Waals surface area contributed by atoms with E-state index < -0.39 is 0 Å². The predicted octanol–water partition coefficient (Wildman–Crippen LogP) is 2.69. The average molecular weight is 250 g/mol. The quantitative estimate of drug-likeness (QED) is 0.840. The van der Waals surface area contributed by atoms with Crippen molar-refractivity contribution in [3.63, 3.8) is 0 Å². The van der Waals surface area contributed by atoms with E-state index in [1.165, 1.54) is 5.56 Å². The molecule has 0 amide bonds. The molecule has 0 spiro atoms. The first-order chi connectivity index (χ1) is 8.45. The van der Waals surface area contributed by atoms with Gasteiger partial charge in [0.15, 0.2) is 0 Å². The largest absolute Gasteiger partial charge is 0.496 e. The fourth-order valence-corrected chi connectivity index (χ4v) is 2.11. The summed E-state index contributed by atoms with van der Waals surface area (Å²) in [6.07, 6.45) is 0. The van der Waals surface area contributed by atoms with Crippen molar-refractivity contribution in [3.05, 3.63) is 29.8 Å². The van der Waals surface area contributed by atoms with Gasteiger partial charge in [-0.25, -0.2) is 0 Å². The van der Waals surface area contributed by atoms with Crippen molar-refractivity contribution in [2.45, 2.75) is 32.4 Å². The number of rotatable bonds is 6. The molecule has 1 unspecified atom stereocenters. The van der Waals surface area contributed by atoms with E-state index in [1.807, 2.05) is 12.1 Å². The van der Waals surface area contributed by atoms with Gasteiger partial charge in [-0.15, -0.1) is 0 Å². The maximum atomic E-state index is 5.49. The van der Waals surface area contributed by atoms with E-state index in [2.05, 4.69) is 57.2 Å². The molecule has 3 heteroatoms. The average Bonchev–Trinajstić information content (AvgIpc) is 2.35. The van der Waals surface area contributed by atoms with E-state index >= 15 is 0 Å². The highest BCUT2D eigenvalue weighted by molar-refractivity contribution is 5.37. The van der Waals surface area contributed by atoms with E-state index in [0.29, 0.717) is 0 Å². The summed E-state index contributed by atoms with van der Waals surface area (Å²) in [6, 6.07) is 8.46. The number of hydrogen-bond acceptors (Lipinski definition) is 3.